The molecule has 1 amide bonds. The lowest BCUT2D eigenvalue weighted by molar-refractivity contribution is -0.122. The Bertz CT molecular complexity index is 263. The van der Waals surface area contributed by atoms with Crippen LogP contribution in [-0.4, -0.2) is 49.2 Å². The molecule has 1 saturated heterocycles. The molecule has 0 spiro atoms. The van der Waals surface area contributed by atoms with E-state index in [1.807, 2.05) is 0 Å². The second-order valence-corrected chi connectivity index (χ2v) is 5.64. The molecule has 2 unspecified atom stereocenters. The number of carbonyl (C=O) groups excluding carboxylic acids is 1. The molecule has 0 aromatic rings. The molecule has 0 aromatic heterocycles. The van der Waals surface area contributed by atoms with Gasteiger partial charge in [-0.05, 0) is 52.6 Å². The summed E-state index contributed by atoms with van der Waals surface area (Å²) in [5.41, 5.74) is 10.2. The molecule has 0 aliphatic carbocycles. The molecule has 0 saturated carbocycles. The van der Waals surface area contributed by atoms with Crippen molar-refractivity contribution in [2.24, 2.45) is 11.5 Å². The van der Waals surface area contributed by atoms with Crippen LogP contribution in [0.25, 0.3) is 0 Å². The second kappa shape index (κ2) is 7.07. The Labute approximate surface area is 110 Å². The number of rotatable bonds is 7. The first-order chi connectivity index (χ1) is 8.42. The number of nitrogens with two attached hydrogens (primary N) is 2. The average molecular weight is 257 g/mol. The van der Waals surface area contributed by atoms with Crippen LogP contribution < -0.4 is 11.5 Å². The van der Waals surface area contributed by atoms with Crippen molar-refractivity contribution in [2.75, 3.05) is 26.7 Å². The number of nitrogens with zero attached hydrogens (tertiary/aromatic N) is 1. The van der Waals surface area contributed by atoms with Gasteiger partial charge in [0.2, 0.25) is 5.91 Å². The van der Waals surface area contributed by atoms with E-state index in [1.54, 1.807) is 6.92 Å². The van der Waals surface area contributed by atoms with E-state index in [0.29, 0.717) is 12.5 Å². The minimum absolute atomic E-state index is 0.365. The van der Waals surface area contributed by atoms with Gasteiger partial charge in [-0.2, -0.15) is 0 Å². The van der Waals surface area contributed by atoms with Crippen LogP contribution in [0, 0.1) is 0 Å². The van der Waals surface area contributed by atoms with Gasteiger partial charge in [0, 0.05) is 13.2 Å². The summed E-state index contributed by atoms with van der Waals surface area (Å²) in [5.74, 6) is -0.430. The number of ether oxygens (including phenoxy) is 1. The maximum atomic E-state index is 11.1. The summed E-state index contributed by atoms with van der Waals surface area (Å²) in [6, 6.07) is 0. The van der Waals surface area contributed by atoms with E-state index >= 15 is 0 Å². The predicted octanol–water partition coefficient (Wildman–Crippen LogP) is 0.470. The largest absolute Gasteiger partial charge is 0.377 e. The molecule has 106 valence electrons. The third-order valence-corrected chi connectivity index (χ3v) is 3.59. The molecule has 1 heterocycles. The normalized spacial score (nSPS) is 23.9. The molecule has 1 aliphatic heterocycles. The zero-order chi connectivity index (χ0) is 13.6. The van der Waals surface area contributed by atoms with Crippen molar-refractivity contribution in [2.45, 2.75) is 50.7 Å². The summed E-state index contributed by atoms with van der Waals surface area (Å²) in [4.78, 5) is 13.3. The summed E-state index contributed by atoms with van der Waals surface area (Å²) in [7, 11) is 2.08. The highest BCUT2D eigenvalue weighted by atomic mass is 16.5. The molecule has 0 radical (unpaired) electrons. The smallest absolute Gasteiger partial charge is 0.237 e. The van der Waals surface area contributed by atoms with Gasteiger partial charge >= 0.3 is 0 Å². The third kappa shape index (κ3) is 5.33. The van der Waals surface area contributed by atoms with Crippen LogP contribution in [0.15, 0.2) is 0 Å². The van der Waals surface area contributed by atoms with Crippen LogP contribution in [0.4, 0.5) is 0 Å². The van der Waals surface area contributed by atoms with Crippen LogP contribution in [0.2, 0.25) is 0 Å². The van der Waals surface area contributed by atoms with Gasteiger partial charge in [-0.1, -0.05) is 0 Å². The summed E-state index contributed by atoms with van der Waals surface area (Å²) >= 11 is 0. The summed E-state index contributed by atoms with van der Waals surface area (Å²) in [6.07, 6.45) is 5.47. The number of hydrogen-bond acceptors (Lipinski definition) is 4. The number of amides is 1. The molecule has 0 aromatic carbocycles. The van der Waals surface area contributed by atoms with Crippen LogP contribution in [0.5, 0.6) is 0 Å². The van der Waals surface area contributed by atoms with E-state index in [1.165, 1.54) is 12.8 Å². The Kier molecular flexibility index (Phi) is 6.05. The Hall–Kier alpha value is -0.650. The Morgan fingerprint density at radius 2 is 2.22 bits per heavy atom. The number of carbonyl (C=O) groups is 1. The quantitative estimate of drug-likeness (QED) is 0.694. The van der Waals surface area contributed by atoms with Crippen molar-refractivity contribution < 1.29 is 9.53 Å². The Balaban J connectivity index is 2.16. The summed E-state index contributed by atoms with van der Waals surface area (Å²) in [6.45, 7) is 4.46. The van der Waals surface area contributed by atoms with Crippen molar-refractivity contribution in [3.8, 4) is 0 Å². The zero-order valence-electron chi connectivity index (χ0n) is 11.7. The van der Waals surface area contributed by atoms with Gasteiger partial charge in [0.1, 0.15) is 0 Å². The molecule has 5 heteroatoms. The average Bonchev–Trinajstić information content (AvgIpc) is 2.29. The van der Waals surface area contributed by atoms with Crippen molar-refractivity contribution in [1.29, 1.82) is 0 Å². The van der Waals surface area contributed by atoms with Crippen LogP contribution in [-0.2, 0) is 9.53 Å². The monoisotopic (exact) mass is 257 g/mol. The molecule has 18 heavy (non-hydrogen) atoms. The van der Waals surface area contributed by atoms with Crippen molar-refractivity contribution >= 4 is 5.91 Å². The van der Waals surface area contributed by atoms with Gasteiger partial charge in [0.15, 0.2) is 0 Å². The molecule has 4 N–H and O–H groups in total. The van der Waals surface area contributed by atoms with E-state index in [9.17, 15) is 4.79 Å². The van der Waals surface area contributed by atoms with Crippen molar-refractivity contribution in [3.63, 3.8) is 0 Å². The van der Waals surface area contributed by atoms with Gasteiger partial charge in [-0.3, -0.25) is 4.79 Å². The first-order valence-corrected chi connectivity index (χ1v) is 6.81. The lowest BCUT2D eigenvalue weighted by Gasteiger charge is -2.28. The molecule has 1 aliphatic rings. The van der Waals surface area contributed by atoms with E-state index < -0.39 is 11.4 Å². The standard InChI is InChI=1S/C13H27N3O2/c1-13(15,12(14)17)7-5-8-16(2)10-11-6-3-4-9-18-11/h11H,3-10,15H2,1-2H3,(H2,14,17). The number of hydrogen-bond donors (Lipinski definition) is 2. The highest BCUT2D eigenvalue weighted by molar-refractivity contribution is 5.83. The van der Waals surface area contributed by atoms with Gasteiger partial charge in [0.05, 0.1) is 11.6 Å². The third-order valence-electron chi connectivity index (χ3n) is 3.59. The first kappa shape index (κ1) is 15.4. The van der Waals surface area contributed by atoms with E-state index in [4.69, 9.17) is 16.2 Å². The number of likely N-dealkylation sites (N-methyl/N-ethyl adjacent to an activating group) is 1. The van der Waals surface area contributed by atoms with Gasteiger partial charge < -0.3 is 21.1 Å². The highest BCUT2D eigenvalue weighted by Gasteiger charge is 2.25. The molecule has 2 atom stereocenters. The molecular formula is C13H27N3O2. The van der Waals surface area contributed by atoms with Crippen LogP contribution in [0.3, 0.4) is 0 Å². The lowest BCUT2D eigenvalue weighted by atomic mass is 9.96. The van der Waals surface area contributed by atoms with E-state index in [-0.39, 0.29) is 0 Å². The fourth-order valence-electron chi connectivity index (χ4n) is 2.23. The molecule has 1 fully saturated rings. The maximum absolute atomic E-state index is 11.1. The number of primary amides is 1. The predicted molar refractivity (Wildman–Crippen MR) is 72.1 cm³/mol. The van der Waals surface area contributed by atoms with Crippen LogP contribution in [0.1, 0.15) is 39.0 Å². The highest BCUT2D eigenvalue weighted by Crippen LogP contribution is 2.14. The van der Waals surface area contributed by atoms with Gasteiger partial charge in [0.25, 0.3) is 0 Å². The maximum Gasteiger partial charge on any atom is 0.237 e. The van der Waals surface area contributed by atoms with E-state index in [2.05, 4.69) is 11.9 Å². The lowest BCUT2D eigenvalue weighted by Crippen LogP contribution is -2.49. The Morgan fingerprint density at radius 3 is 2.78 bits per heavy atom. The zero-order valence-corrected chi connectivity index (χ0v) is 11.7. The molecular weight excluding hydrogens is 230 g/mol. The fraction of sp³-hybridized carbons (Fsp3) is 0.923. The molecule has 0 bridgehead atoms. The second-order valence-electron chi connectivity index (χ2n) is 5.64. The SMILES string of the molecule is CN(CCCC(C)(N)C(N)=O)CC1CCCCO1. The molecule has 5 nitrogen and oxygen atoms in total. The van der Waals surface area contributed by atoms with Gasteiger partial charge in [-0.15, -0.1) is 0 Å². The van der Waals surface area contributed by atoms with Crippen molar-refractivity contribution in [3.05, 3.63) is 0 Å². The topological polar surface area (TPSA) is 81.6 Å². The van der Waals surface area contributed by atoms with Crippen LogP contribution >= 0.6 is 0 Å². The molecule has 1 rings (SSSR count). The van der Waals surface area contributed by atoms with E-state index in [0.717, 1.165) is 32.5 Å². The van der Waals surface area contributed by atoms with Gasteiger partial charge in [-0.25, -0.2) is 0 Å². The fourth-order valence-corrected chi connectivity index (χ4v) is 2.23. The van der Waals surface area contributed by atoms with Crippen molar-refractivity contribution in [1.82, 2.24) is 4.90 Å². The minimum atomic E-state index is -0.887. The Morgan fingerprint density at radius 1 is 1.50 bits per heavy atom. The summed E-state index contributed by atoms with van der Waals surface area (Å²) in [5, 5.41) is 0. The minimum Gasteiger partial charge on any atom is -0.377 e. The summed E-state index contributed by atoms with van der Waals surface area (Å²) < 4.78 is 5.69. The first-order valence-electron chi connectivity index (χ1n) is 6.81.